The highest BCUT2D eigenvalue weighted by Gasteiger charge is 1.96. The molecule has 0 aromatic carbocycles. The van der Waals surface area contributed by atoms with Gasteiger partial charge in [0.05, 0.1) is 6.61 Å². The zero-order valence-electron chi connectivity index (χ0n) is 5.55. The average molecular weight is 127 g/mol. The topological polar surface area (TPSA) is 35.3 Å². The highest BCUT2D eigenvalue weighted by atomic mass is 16.5. The fraction of sp³-hybridized carbons (Fsp3) is 0.500. The van der Waals surface area contributed by atoms with E-state index in [9.17, 15) is 0 Å². The molecule has 0 saturated carbocycles. The standard InChI is InChI=1S/C6H9NO2/c1-3-8-6-4-9-5(2)7-6/h4H,3H2,1-2H3. The molecule has 0 aliphatic carbocycles. The molecule has 0 unspecified atom stereocenters. The van der Waals surface area contributed by atoms with Gasteiger partial charge in [0, 0.05) is 6.92 Å². The first-order chi connectivity index (χ1) is 4.33. The zero-order valence-corrected chi connectivity index (χ0v) is 5.55. The molecule has 1 heterocycles. The third kappa shape index (κ3) is 1.45. The monoisotopic (exact) mass is 127 g/mol. The first-order valence-electron chi connectivity index (χ1n) is 2.88. The molecule has 0 N–H and O–H groups in total. The molecule has 3 heteroatoms. The Balaban J connectivity index is 2.61. The second-order valence-corrected chi connectivity index (χ2v) is 1.64. The van der Waals surface area contributed by atoms with Crippen LogP contribution in [0.3, 0.4) is 0 Å². The summed E-state index contributed by atoms with van der Waals surface area (Å²) >= 11 is 0. The molecule has 0 amide bonds. The lowest BCUT2D eigenvalue weighted by atomic mass is 10.8. The predicted molar refractivity (Wildman–Crippen MR) is 32.4 cm³/mol. The molecule has 0 aliphatic rings. The van der Waals surface area contributed by atoms with E-state index in [-0.39, 0.29) is 0 Å². The lowest BCUT2D eigenvalue weighted by Crippen LogP contribution is -1.90. The van der Waals surface area contributed by atoms with Crippen molar-refractivity contribution in [1.82, 2.24) is 4.98 Å². The maximum atomic E-state index is 5.02. The van der Waals surface area contributed by atoms with Crippen LogP contribution in [0, 0.1) is 6.92 Å². The molecule has 1 rings (SSSR count). The minimum absolute atomic E-state index is 0.565. The van der Waals surface area contributed by atoms with Gasteiger partial charge in [-0.25, -0.2) is 0 Å². The number of aromatic nitrogens is 1. The SMILES string of the molecule is CCOc1coc(C)n1. The van der Waals surface area contributed by atoms with Crippen LogP contribution in [0.25, 0.3) is 0 Å². The van der Waals surface area contributed by atoms with Crippen LogP contribution in [0.2, 0.25) is 0 Å². The Kier molecular flexibility index (Phi) is 1.72. The van der Waals surface area contributed by atoms with Gasteiger partial charge in [-0.1, -0.05) is 0 Å². The van der Waals surface area contributed by atoms with Gasteiger partial charge < -0.3 is 9.15 Å². The van der Waals surface area contributed by atoms with Crippen LogP contribution < -0.4 is 4.74 Å². The number of aryl methyl sites for hydroxylation is 1. The van der Waals surface area contributed by atoms with E-state index in [2.05, 4.69) is 4.98 Å². The number of ether oxygens (including phenoxy) is 1. The molecule has 50 valence electrons. The fourth-order valence-electron chi connectivity index (χ4n) is 0.558. The molecular formula is C6H9NO2. The molecule has 0 saturated heterocycles. The normalized spacial score (nSPS) is 9.56. The Hall–Kier alpha value is -0.990. The summed E-state index contributed by atoms with van der Waals surface area (Å²) in [5.41, 5.74) is 0. The van der Waals surface area contributed by atoms with Crippen molar-refractivity contribution < 1.29 is 9.15 Å². The van der Waals surface area contributed by atoms with E-state index in [1.54, 1.807) is 6.92 Å². The maximum Gasteiger partial charge on any atom is 0.252 e. The molecule has 0 fully saturated rings. The molecule has 1 aromatic heterocycles. The Morgan fingerprint density at radius 3 is 3.00 bits per heavy atom. The van der Waals surface area contributed by atoms with Crippen LogP contribution in [0.4, 0.5) is 0 Å². The maximum absolute atomic E-state index is 5.02. The Morgan fingerprint density at radius 1 is 1.78 bits per heavy atom. The quantitative estimate of drug-likeness (QED) is 0.602. The molecule has 0 atom stereocenters. The summed E-state index contributed by atoms with van der Waals surface area (Å²) in [6.45, 7) is 4.32. The van der Waals surface area contributed by atoms with E-state index in [0.29, 0.717) is 18.4 Å². The molecule has 1 aromatic rings. The second-order valence-electron chi connectivity index (χ2n) is 1.64. The summed E-state index contributed by atoms with van der Waals surface area (Å²) in [4.78, 5) is 3.91. The van der Waals surface area contributed by atoms with Crippen LogP contribution in [-0.2, 0) is 0 Å². The highest BCUT2D eigenvalue weighted by Crippen LogP contribution is 2.07. The minimum Gasteiger partial charge on any atom is -0.476 e. The largest absolute Gasteiger partial charge is 0.476 e. The van der Waals surface area contributed by atoms with Crippen molar-refractivity contribution in [2.45, 2.75) is 13.8 Å². The van der Waals surface area contributed by atoms with Crippen molar-refractivity contribution in [1.29, 1.82) is 0 Å². The van der Waals surface area contributed by atoms with Crippen molar-refractivity contribution >= 4 is 0 Å². The van der Waals surface area contributed by atoms with Crippen LogP contribution in [0.15, 0.2) is 10.7 Å². The van der Waals surface area contributed by atoms with Gasteiger partial charge >= 0.3 is 0 Å². The van der Waals surface area contributed by atoms with Crippen molar-refractivity contribution in [3.63, 3.8) is 0 Å². The minimum atomic E-state index is 0.565. The van der Waals surface area contributed by atoms with Gasteiger partial charge in [0.15, 0.2) is 12.2 Å². The van der Waals surface area contributed by atoms with Crippen molar-refractivity contribution in [3.8, 4) is 5.88 Å². The van der Waals surface area contributed by atoms with Crippen molar-refractivity contribution in [2.75, 3.05) is 6.61 Å². The molecule has 0 bridgehead atoms. The van der Waals surface area contributed by atoms with Gasteiger partial charge in [0.2, 0.25) is 0 Å². The predicted octanol–water partition coefficient (Wildman–Crippen LogP) is 1.38. The van der Waals surface area contributed by atoms with Crippen LogP contribution >= 0.6 is 0 Å². The molecule has 0 spiro atoms. The molecule has 0 aliphatic heterocycles. The van der Waals surface area contributed by atoms with Gasteiger partial charge in [0.1, 0.15) is 0 Å². The third-order valence-corrected chi connectivity index (χ3v) is 0.890. The van der Waals surface area contributed by atoms with Gasteiger partial charge in [-0.3, -0.25) is 0 Å². The fourth-order valence-corrected chi connectivity index (χ4v) is 0.558. The summed E-state index contributed by atoms with van der Waals surface area (Å²) in [5, 5.41) is 0. The number of rotatable bonds is 2. The van der Waals surface area contributed by atoms with E-state index >= 15 is 0 Å². The molecular weight excluding hydrogens is 118 g/mol. The van der Waals surface area contributed by atoms with Gasteiger partial charge in [-0.05, 0) is 6.92 Å². The lowest BCUT2D eigenvalue weighted by Gasteiger charge is -1.91. The summed E-state index contributed by atoms with van der Waals surface area (Å²) in [6.07, 6.45) is 1.50. The summed E-state index contributed by atoms with van der Waals surface area (Å²) in [5.74, 6) is 1.20. The van der Waals surface area contributed by atoms with Gasteiger partial charge in [-0.2, -0.15) is 4.98 Å². The van der Waals surface area contributed by atoms with Crippen LogP contribution in [0.1, 0.15) is 12.8 Å². The first kappa shape index (κ1) is 6.13. The number of nitrogens with zero attached hydrogens (tertiary/aromatic N) is 1. The average Bonchev–Trinajstić information content (AvgIpc) is 2.17. The van der Waals surface area contributed by atoms with E-state index in [1.807, 2.05) is 6.92 Å². The third-order valence-electron chi connectivity index (χ3n) is 0.890. The van der Waals surface area contributed by atoms with E-state index in [0.717, 1.165) is 0 Å². The van der Waals surface area contributed by atoms with Gasteiger partial charge in [0.25, 0.3) is 5.88 Å². The number of hydrogen-bond donors (Lipinski definition) is 0. The van der Waals surface area contributed by atoms with Crippen molar-refractivity contribution in [3.05, 3.63) is 12.2 Å². The van der Waals surface area contributed by atoms with Crippen molar-refractivity contribution in [2.24, 2.45) is 0 Å². The van der Waals surface area contributed by atoms with Gasteiger partial charge in [-0.15, -0.1) is 0 Å². The second kappa shape index (κ2) is 2.53. The summed E-state index contributed by atoms with van der Waals surface area (Å²) < 4.78 is 9.90. The summed E-state index contributed by atoms with van der Waals surface area (Å²) in [7, 11) is 0. The smallest absolute Gasteiger partial charge is 0.252 e. The first-order valence-corrected chi connectivity index (χ1v) is 2.88. The highest BCUT2D eigenvalue weighted by molar-refractivity contribution is 5.01. The van der Waals surface area contributed by atoms with Crippen LogP contribution in [0.5, 0.6) is 5.88 Å². The molecule has 9 heavy (non-hydrogen) atoms. The Bertz CT molecular complexity index is 183. The van der Waals surface area contributed by atoms with E-state index in [1.165, 1.54) is 6.26 Å². The zero-order chi connectivity index (χ0) is 6.69. The van der Waals surface area contributed by atoms with E-state index in [4.69, 9.17) is 9.15 Å². The lowest BCUT2D eigenvalue weighted by molar-refractivity contribution is 0.325. The Labute approximate surface area is 53.7 Å². The molecule has 3 nitrogen and oxygen atoms in total. The Morgan fingerprint density at radius 2 is 2.56 bits per heavy atom. The van der Waals surface area contributed by atoms with Crippen LogP contribution in [-0.4, -0.2) is 11.6 Å². The number of oxazole rings is 1. The van der Waals surface area contributed by atoms with E-state index < -0.39 is 0 Å². The molecule has 0 radical (unpaired) electrons. The number of hydrogen-bond acceptors (Lipinski definition) is 3. The summed E-state index contributed by atoms with van der Waals surface area (Å²) in [6, 6.07) is 0.